The Balaban J connectivity index is 1.31. The Hall–Kier alpha value is -3.50. The lowest BCUT2D eigenvalue weighted by Gasteiger charge is -2.40. The van der Waals surface area contributed by atoms with Crippen LogP contribution < -0.4 is 16.0 Å². The van der Waals surface area contributed by atoms with E-state index in [1.807, 2.05) is 55.1 Å². The van der Waals surface area contributed by atoms with Gasteiger partial charge in [-0.25, -0.2) is 0 Å². The third-order valence-electron chi connectivity index (χ3n) is 9.01. The van der Waals surface area contributed by atoms with Gasteiger partial charge in [-0.2, -0.15) is 5.10 Å². The molecule has 5 rings (SSSR count). The van der Waals surface area contributed by atoms with Crippen molar-refractivity contribution in [2.75, 3.05) is 38.2 Å². The molecule has 0 unspecified atom stereocenters. The van der Waals surface area contributed by atoms with Gasteiger partial charge < -0.3 is 20.7 Å². The molecular weight excluding hydrogens is 532 g/mol. The second kappa shape index (κ2) is 13.6. The van der Waals surface area contributed by atoms with Gasteiger partial charge in [-0.1, -0.05) is 42.5 Å². The molecule has 0 saturated carbocycles. The Kier molecular flexibility index (Phi) is 9.74. The number of carbonyl (C=O) groups excluding carboxylic acids is 3. The molecule has 4 heterocycles. The molecule has 2 saturated heterocycles. The molecule has 10 heteroatoms. The second-order valence-electron chi connectivity index (χ2n) is 12.0. The summed E-state index contributed by atoms with van der Waals surface area (Å²) in [6, 6.07) is 9.12. The maximum atomic E-state index is 13.8. The SMILES string of the molecule is CCn1cc(NC(=O)CN2CC[C@@H]3NC(=O)[C@H](Cc4ccccc4)NC(=O)C4(C/C=C/C[C@H]3C2)CCOCC4)c(C)n1. The lowest BCUT2D eigenvalue weighted by molar-refractivity contribution is -0.140. The summed E-state index contributed by atoms with van der Waals surface area (Å²) >= 11 is 0. The van der Waals surface area contributed by atoms with Crippen LogP contribution in [-0.4, -0.2) is 77.3 Å². The molecule has 2 aromatic rings. The van der Waals surface area contributed by atoms with Gasteiger partial charge in [-0.05, 0) is 57.4 Å². The van der Waals surface area contributed by atoms with Gasteiger partial charge in [0.1, 0.15) is 6.04 Å². The first-order valence-electron chi connectivity index (χ1n) is 15.3. The average Bonchev–Trinajstić information content (AvgIpc) is 3.35. The summed E-state index contributed by atoms with van der Waals surface area (Å²) in [4.78, 5) is 42.6. The highest BCUT2D eigenvalue weighted by Gasteiger charge is 2.41. The molecule has 3 aliphatic heterocycles. The maximum Gasteiger partial charge on any atom is 0.243 e. The summed E-state index contributed by atoms with van der Waals surface area (Å²) in [6.07, 6.45) is 9.97. The number of hydrogen-bond acceptors (Lipinski definition) is 6. The largest absolute Gasteiger partial charge is 0.381 e. The van der Waals surface area contributed by atoms with E-state index < -0.39 is 11.5 Å². The lowest BCUT2D eigenvalue weighted by Crippen LogP contribution is -2.58. The molecule has 42 heavy (non-hydrogen) atoms. The van der Waals surface area contributed by atoms with Gasteiger partial charge in [-0.3, -0.25) is 24.0 Å². The zero-order valence-corrected chi connectivity index (χ0v) is 24.8. The molecule has 3 N–H and O–H groups in total. The molecule has 1 aromatic heterocycles. The van der Waals surface area contributed by atoms with Gasteiger partial charge in [0, 0.05) is 51.5 Å². The van der Waals surface area contributed by atoms with Crippen LogP contribution in [0.25, 0.3) is 0 Å². The van der Waals surface area contributed by atoms with Crippen molar-refractivity contribution in [2.45, 2.75) is 71.0 Å². The van der Waals surface area contributed by atoms with Crippen molar-refractivity contribution in [3.63, 3.8) is 0 Å². The van der Waals surface area contributed by atoms with E-state index in [1.54, 1.807) is 0 Å². The molecule has 0 bridgehead atoms. The van der Waals surface area contributed by atoms with E-state index in [-0.39, 0.29) is 36.2 Å². The van der Waals surface area contributed by atoms with Crippen molar-refractivity contribution in [3.05, 3.63) is 59.9 Å². The van der Waals surface area contributed by atoms with Crippen LogP contribution in [0.5, 0.6) is 0 Å². The minimum atomic E-state index is -0.667. The first-order valence-corrected chi connectivity index (χ1v) is 15.3. The fourth-order valence-electron chi connectivity index (χ4n) is 6.40. The van der Waals surface area contributed by atoms with E-state index in [0.29, 0.717) is 52.0 Å². The van der Waals surface area contributed by atoms with Crippen molar-refractivity contribution >= 4 is 23.4 Å². The number of amides is 3. The van der Waals surface area contributed by atoms with E-state index in [1.165, 1.54) is 0 Å². The Labute approximate surface area is 248 Å². The highest BCUT2D eigenvalue weighted by Crippen LogP contribution is 2.36. The minimum absolute atomic E-state index is 0.0434. The smallest absolute Gasteiger partial charge is 0.243 e. The van der Waals surface area contributed by atoms with Crippen molar-refractivity contribution in [3.8, 4) is 0 Å². The van der Waals surface area contributed by atoms with Crippen LogP contribution in [0.3, 0.4) is 0 Å². The van der Waals surface area contributed by atoms with Gasteiger partial charge in [0.2, 0.25) is 17.7 Å². The number of benzene rings is 1. The number of aryl methyl sites for hydroxylation is 2. The van der Waals surface area contributed by atoms with Crippen molar-refractivity contribution < 1.29 is 19.1 Å². The Morgan fingerprint density at radius 1 is 1.14 bits per heavy atom. The summed E-state index contributed by atoms with van der Waals surface area (Å²) in [7, 11) is 0. The topological polar surface area (TPSA) is 118 Å². The number of anilines is 1. The number of nitrogens with one attached hydrogen (secondary N) is 3. The van der Waals surface area contributed by atoms with Crippen LogP contribution in [0.2, 0.25) is 0 Å². The molecule has 2 fully saturated rings. The van der Waals surface area contributed by atoms with Gasteiger partial charge in [0.25, 0.3) is 0 Å². The van der Waals surface area contributed by atoms with Gasteiger partial charge in [0.15, 0.2) is 0 Å². The highest BCUT2D eigenvalue weighted by atomic mass is 16.5. The van der Waals surface area contributed by atoms with E-state index in [2.05, 4.69) is 38.1 Å². The molecule has 1 spiro atoms. The zero-order valence-electron chi connectivity index (χ0n) is 24.8. The maximum absolute atomic E-state index is 13.8. The van der Waals surface area contributed by atoms with Crippen LogP contribution in [0.1, 0.15) is 50.3 Å². The molecule has 3 atom stereocenters. The van der Waals surface area contributed by atoms with Crippen molar-refractivity contribution in [1.29, 1.82) is 0 Å². The summed E-state index contributed by atoms with van der Waals surface area (Å²) in [6.45, 7) is 7.41. The number of ether oxygens (including phenoxy) is 1. The van der Waals surface area contributed by atoms with Crippen LogP contribution in [0, 0.1) is 18.3 Å². The molecule has 3 aliphatic rings. The number of rotatable bonds is 6. The molecule has 226 valence electrons. The Morgan fingerprint density at radius 2 is 1.93 bits per heavy atom. The number of allylic oxidation sites excluding steroid dienone is 2. The predicted molar refractivity (Wildman–Crippen MR) is 161 cm³/mol. The van der Waals surface area contributed by atoms with Crippen LogP contribution in [0.4, 0.5) is 5.69 Å². The second-order valence-corrected chi connectivity index (χ2v) is 12.0. The first kappa shape index (κ1) is 30.0. The van der Waals surface area contributed by atoms with Crippen molar-refractivity contribution in [2.24, 2.45) is 11.3 Å². The van der Waals surface area contributed by atoms with Crippen LogP contribution >= 0.6 is 0 Å². The quantitative estimate of drug-likeness (QED) is 0.456. The van der Waals surface area contributed by atoms with Gasteiger partial charge in [0.05, 0.1) is 23.3 Å². The first-order chi connectivity index (χ1) is 20.3. The average molecular weight is 577 g/mol. The highest BCUT2D eigenvalue weighted by molar-refractivity contribution is 5.93. The molecule has 0 radical (unpaired) electrons. The summed E-state index contributed by atoms with van der Waals surface area (Å²) in [5, 5.41) is 13.9. The molecule has 0 aliphatic carbocycles. The predicted octanol–water partition coefficient (Wildman–Crippen LogP) is 2.83. The summed E-state index contributed by atoms with van der Waals surface area (Å²) < 4.78 is 7.41. The number of hydrogen-bond donors (Lipinski definition) is 3. The van der Waals surface area contributed by atoms with E-state index in [4.69, 9.17) is 4.74 Å². The van der Waals surface area contributed by atoms with E-state index >= 15 is 0 Å². The standard InChI is InChI=1S/C32H44N6O4/c1-3-38-21-28(23(2)36-38)33-29(39)22-37-16-12-26-25(20-37)11-7-8-13-32(14-17-42-18-15-32)31(41)35-27(30(40)34-26)19-24-9-5-4-6-10-24/h4-10,21,25-27H,3,11-20,22H2,1-2H3,(H,33,39)(H,34,40)(H,35,41)/b8-7+/t25-,26-,27-/m0/s1. The van der Waals surface area contributed by atoms with E-state index in [0.717, 1.165) is 36.3 Å². The monoisotopic (exact) mass is 576 g/mol. The Bertz CT molecular complexity index is 1270. The zero-order chi connectivity index (χ0) is 29.5. The Morgan fingerprint density at radius 3 is 2.67 bits per heavy atom. The fourth-order valence-corrected chi connectivity index (χ4v) is 6.40. The fraction of sp³-hybridized carbons (Fsp3) is 0.562. The molecule has 3 amide bonds. The molecule has 1 aromatic carbocycles. The number of fused-ring (bicyclic) bond motifs is 1. The van der Waals surface area contributed by atoms with Gasteiger partial charge in [-0.15, -0.1) is 0 Å². The normalized spacial score (nSPS) is 25.8. The third kappa shape index (κ3) is 7.28. The van der Waals surface area contributed by atoms with Crippen LogP contribution in [0.15, 0.2) is 48.7 Å². The number of aromatic nitrogens is 2. The number of nitrogens with zero attached hydrogens (tertiary/aromatic N) is 3. The summed E-state index contributed by atoms with van der Waals surface area (Å²) in [5.74, 6) is -0.130. The molecular formula is C32H44N6O4. The summed E-state index contributed by atoms with van der Waals surface area (Å²) in [5.41, 5.74) is 1.97. The van der Waals surface area contributed by atoms with Crippen LogP contribution in [-0.2, 0) is 32.1 Å². The number of carbonyl (C=O) groups is 3. The van der Waals surface area contributed by atoms with E-state index in [9.17, 15) is 14.4 Å². The van der Waals surface area contributed by atoms with Gasteiger partial charge >= 0.3 is 0 Å². The number of likely N-dealkylation sites (tertiary alicyclic amines) is 1. The molecule has 10 nitrogen and oxygen atoms in total. The third-order valence-corrected chi connectivity index (χ3v) is 9.01. The number of piperidine rings is 1. The minimum Gasteiger partial charge on any atom is -0.381 e. The van der Waals surface area contributed by atoms with Crippen molar-refractivity contribution in [1.82, 2.24) is 25.3 Å². The lowest BCUT2D eigenvalue weighted by atomic mass is 9.75.